The highest BCUT2D eigenvalue weighted by Crippen LogP contribution is 2.16. The van der Waals surface area contributed by atoms with Crippen molar-refractivity contribution in [3.05, 3.63) is 24.5 Å². The van der Waals surface area contributed by atoms with Gasteiger partial charge in [0.05, 0.1) is 6.20 Å². The van der Waals surface area contributed by atoms with Crippen molar-refractivity contribution >= 4 is 17.8 Å². The van der Waals surface area contributed by atoms with E-state index in [-0.39, 0.29) is 0 Å². The minimum atomic E-state index is -1.06. The molecule has 1 rings (SSSR count). The number of allylic oxidation sites excluding steroid dienone is 1. The van der Waals surface area contributed by atoms with Gasteiger partial charge in [-0.25, -0.2) is 4.79 Å². The smallest absolute Gasteiger partial charge is 0.338 e. The Morgan fingerprint density at radius 2 is 2.17 bits per heavy atom. The summed E-state index contributed by atoms with van der Waals surface area (Å²) in [6.45, 7) is 10.8. The van der Waals surface area contributed by atoms with E-state index in [1.807, 2.05) is 6.92 Å². The highest BCUT2D eigenvalue weighted by molar-refractivity contribution is 5.90. The Kier molecular flexibility index (Phi) is 4.06. The fourth-order valence-electron chi connectivity index (χ4n) is 1.30. The molecule has 0 aliphatic carbocycles. The Morgan fingerprint density at radius 3 is 2.56 bits per heavy atom. The van der Waals surface area contributed by atoms with E-state index in [1.54, 1.807) is 33.2 Å². The predicted molar refractivity (Wildman–Crippen MR) is 67.9 cm³/mol. The molecule has 0 radical (unpaired) electrons. The molecule has 0 spiro atoms. The van der Waals surface area contributed by atoms with Crippen LogP contribution in [0.15, 0.2) is 19.0 Å². The van der Waals surface area contributed by atoms with Gasteiger partial charge in [0.15, 0.2) is 6.29 Å². The van der Waals surface area contributed by atoms with Gasteiger partial charge in [-0.2, -0.15) is 5.10 Å². The molecule has 5 heteroatoms. The van der Waals surface area contributed by atoms with Crippen LogP contribution in [-0.4, -0.2) is 27.6 Å². The Labute approximate surface area is 106 Å². The summed E-state index contributed by atoms with van der Waals surface area (Å²) in [5.41, 5.74) is 0.961. The summed E-state index contributed by atoms with van der Waals surface area (Å²) in [5, 5.41) is 3.98. The van der Waals surface area contributed by atoms with Gasteiger partial charge in [0, 0.05) is 11.8 Å². The van der Waals surface area contributed by atoms with Crippen LogP contribution in [-0.2, 0) is 14.3 Å². The maximum atomic E-state index is 11.8. The number of aldehydes is 1. The van der Waals surface area contributed by atoms with Crippen LogP contribution in [0.5, 0.6) is 0 Å². The van der Waals surface area contributed by atoms with Gasteiger partial charge in [0.2, 0.25) is 6.04 Å². The van der Waals surface area contributed by atoms with Crippen molar-refractivity contribution in [1.29, 1.82) is 0 Å². The molecule has 1 unspecified atom stereocenters. The van der Waals surface area contributed by atoms with Gasteiger partial charge >= 0.3 is 5.97 Å². The van der Waals surface area contributed by atoms with Crippen LogP contribution in [0.2, 0.25) is 0 Å². The standard InChI is InChI=1S/C13H18N2O3/c1-9(2)10-6-14-15(7-10)11(8-16)12(17)18-13(3,4)5/h6-8,11H,1H2,2-5H3. The van der Waals surface area contributed by atoms with E-state index in [2.05, 4.69) is 11.7 Å². The fraction of sp³-hybridized carbons (Fsp3) is 0.462. The molecule has 0 bridgehead atoms. The molecule has 1 atom stereocenters. The first-order valence-electron chi connectivity index (χ1n) is 5.63. The number of rotatable bonds is 4. The molecule has 0 aliphatic rings. The lowest BCUT2D eigenvalue weighted by atomic mass is 10.2. The third-order valence-corrected chi connectivity index (χ3v) is 2.16. The van der Waals surface area contributed by atoms with Crippen LogP contribution in [0.3, 0.4) is 0 Å². The number of hydrogen-bond donors (Lipinski definition) is 0. The van der Waals surface area contributed by atoms with Crippen LogP contribution in [0.4, 0.5) is 0 Å². The summed E-state index contributed by atoms with van der Waals surface area (Å²) in [4.78, 5) is 22.9. The zero-order valence-corrected chi connectivity index (χ0v) is 11.1. The monoisotopic (exact) mass is 250 g/mol. The minimum absolute atomic E-state index is 0.517. The normalized spacial score (nSPS) is 12.9. The number of hydrogen-bond acceptors (Lipinski definition) is 4. The summed E-state index contributed by atoms with van der Waals surface area (Å²) >= 11 is 0. The van der Waals surface area contributed by atoms with Crippen molar-refractivity contribution in [2.45, 2.75) is 39.3 Å². The quantitative estimate of drug-likeness (QED) is 0.466. The second-order valence-electron chi connectivity index (χ2n) is 5.10. The summed E-state index contributed by atoms with van der Waals surface area (Å²) in [6, 6.07) is -1.06. The van der Waals surface area contributed by atoms with Gasteiger partial charge < -0.3 is 9.53 Å². The summed E-state index contributed by atoms with van der Waals surface area (Å²) in [5.74, 6) is -0.617. The van der Waals surface area contributed by atoms with Gasteiger partial charge in [-0.3, -0.25) is 4.68 Å². The summed E-state index contributed by atoms with van der Waals surface area (Å²) in [6.07, 6.45) is 3.68. The zero-order chi connectivity index (χ0) is 13.9. The lowest BCUT2D eigenvalue weighted by molar-refractivity contribution is -0.159. The largest absolute Gasteiger partial charge is 0.458 e. The third kappa shape index (κ3) is 3.55. The average Bonchev–Trinajstić information content (AvgIpc) is 2.65. The lowest BCUT2D eigenvalue weighted by Crippen LogP contribution is -2.31. The topological polar surface area (TPSA) is 61.2 Å². The zero-order valence-electron chi connectivity index (χ0n) is 11.1. The predicted octanol–water partition coefficient (Wildman–Crippen LogP) is 2.00. The van der Waals surface area contributed by atoms with Gasteiger partial charge in [0.25, 0.3) is 0 Å². The number of nitrogens with zero attached hydrogens (tertiary/aromatic N) is 2. The number of carbonyl (C=O) groups is 2. The van der Waals surface area contributed by atoms with E-state index in [0.717, 1.165) is 11.1 Å². The number of carbonyl (C=O) groups excluding carboxylic acids is 2. The first-order chi connectivity index (χ1) is 8.24. The molecule has 18 heavy (non-hydrogen) atoms. The molecule has 1 aromatic rings. The minimum Gasteiger partial charge on any atom is -0.458 e. The highest BCUT2D eigenvalue weighted by Gasteiger charge is 2.26. The lowest BCUT2D eigenvalue weighted by Gasteiger charge is -2.21. The van der Waals surface area contributed by atoms with Gasteiger partial charge in [-0.1, -0.05) is 6.58 Å². The maximum Gasteiger partial charge on any atom is 0.338 e. The van der Waals surface area contributed by atoms with Gasteiger partial charge in [-0.15, -0.1) is 0 Å². The highest BCUT2D eigenvalue weighted by atomic mass is 16.6. The number of esters is 1. The van der Waals surface area contributed by atoms with Crippen LogP contribution in [0.25, 0.3) is 5.57 Å². The van der Waals surface area contributed by atoms with E-state index >= 15 is 0 Å². The van der Waals surface area contributed by atoms with Crippen molar-refractivity contribution in [3.63, 3.8) is 0 Å². The molecule has 0 saturated carbocycles. The molecule has 1 heterocycles. The van der Waals surface area contributed by atoms with Gasteiger partial charge in [-0.05, 0) is 33.3 Å². The maximum absolute atomic E-state index is 11.8. The Morgan fingerprint density at radius 1 is 1.56 bits per heavy atom. The Bertz CT molecular complexity index is 469. The number of aromatic nitrogens is 2. The Hall–Kier alpha value is -1.91. The summed E-state index contributed by atoms with van der Waals surface area (Å²) in [7, 11) is 0. The van der Waals surface area contributed by atoms with Crippen molar-refractivity contribution in [2.24, 2.45) is 0 Å². The van der Waals surface area contributed by atoms with E-state index in [4.69, 9.17) is 4.74 Å². The van der Waals surface area contributed by atoms with E-state index in [0.29, 0.717) is 6.29 Å². The van der Waals surface area contributed by atoms with Crippen molar-refractivity contribution < 1.29 is 14.3 Å². The van der Waals surface area contributed by atoms with Crippen LogP contribution in [0, 0.1) is 0 Å². The van der Waals surface area contributed by atoms with E-state index in [9.17, 15) is 9.59 Å². The molecule has 0 aliphatic heterocycles. The van der Waals surface area contributed by atoms with Crippen molar-refractivity contribution in [2.75, 3.05) is 0 Å². The number of ether oxygens (including phenoxy) is 1. The molecule has 0 amide bonds. The summed E-state index contributed by atoms with van der Waals surface area (Å²) < 4.78 is 6.44. The van der Waals surface area contributed by atoms with E-state index in [1.165, 1.54) is 4.68 Å². The van der Waals surface area contributed by atoms with Gasteiger partial charge in [0.1, 0.15) is 5.60 Å². The van der Waals surface area contributed by atoms with Crippen LogP contribution >= 0.6 is 0 Å². The molecule has 0 aromatic carbocycles. The Balaban J connectivity index is 2.92. The molecular weight excluding hydrogens is 232 g/mol. The van der Waals surface area contributed by atoms with Crippen LogP contribution in [0.1, 0.15) is 39.3 Å². The molecule has 0 fully saturated rings. The van der Waals surface area contributed by atoms with E-state index < -0.39 is 17.6 Å². The average molecular weight is 250 g/mol. The molecular formula is C13H18N2O3. The SMILES string of the molecule is C=C(C)c1cnn(C(C=O)C(=O)OC(C)(C)C)c1. The third-order valence-electron chi connectivity index (χ3n) is 2.16. The molecule has 0 N–H and O–H groups in total. The van der Waals surface area contributed by atoms with Crippen molar-refractivity contribution in [3.8, 4) is 0 Å². The first kappa shape index (κ1) is 14.2. The molecule has 0 saturated heterocycles. The molecule has 98 valence electrons. The molecule has 5 nitrogen and oxygen atoms in total. The second kappa shape index (κ2) is 5.16. The van der Waals surface area contributed by atoms with Crippen molar-refractivity contribution in [1.82, 2.24) is 9.78 Å². The first-order valence-corrected chi connectivity index (χ1v) is 5.63. The van der Waals surface area contributed by atoms with Crippen LogP contribution < -0.4 is 0 Å². The molecule has 1 aromatic heterocycles. The fourth-order valence-corrected chi connectivity index (χ4v) is 1.30. The second-order valence-corrected chi connectivity index (χ2v) is 5.10.